The number of halogens is 3. The van der Waals surface area contributed by atoms with Gasteiger partial charge < -0.3 is 4.90 Å². The van der Waals surface area contributed by atoms with Gasteiger partial charge in [0.15, 0.2) is 0 Å². The minimum Gasteiger partial charge on any atom is -0.367 e. The molecule has 2 heterocycles. The number of hydrogen-bond acceptors (Lipinski definition) is 5. The molecule has 0 aromatic heterocycles. The second-order valence-corrected chi connectivity index (χ2v) is 15.1. The first kappa shape index (κ1) is 29.4. The van der Waals surface area contributed by atoms with E-state index in [1.165, 1.54) is 16.4 Å². The van der Waals surface area contributed by atoms with Crippen molar-refractivity contribution in [1.29, 1.82) is 0 Å². The fourth-order valence-corrected chi connectivity index (χ4v) is 9.33. The Balaban J connectivity index is 1.80. The van der Waals surface area contributed by atoms with Crippen LogP contribution < -0.4 is 5.14 Å². The lowest BCUT2D eigenvalue weighted by Crippen LogP contribution is -2.50. The number of nitrogens with two attached hydrogens (primary N) is 1. The van der Waals surface area contributed by atoms with Crippen LogP contribution in [0.1, 0.15) is 83.3 Å². The van der Waals surface area contributed by atoms with Crippen LogP contribution in [0.5, 0.6) is 0 Å². The molecule has 2 fully saturated rings. The van der Waals surface area contributed by atoms with Gasteiger partial charge in [-0.05, 0) is 76.1 Å². The van der Waals surface area contributed by atoms with Gasteiger partial charge >= 0.3 is 6.18 Å². The van der Waals surface area contributed by atoms with Gasteiger partial charge in [0.2, 0.25) is 20.0 Å². The Morgan fingerprint density at radius 3 is 2.26 bits per heavy atom. The molecule has 0 radical (unpaired) electrons. The zero-order valence-electron chi connectivity index (χ0n) is 22.2. The Kier molecular flexibility index (Phi) is 8.04. The van der Waals surface area contributed by atoms with Gasteiger partial charge in [0, 0.05) is 30.4 Å². The molecule has 1 saturated heterocycles. The number of alkyl halides is 3. The summed E-state index contributed by atoms with van der Waals surface area (Å²) in [6.07, 6.45) is 3.60. The molecule has 2 N–H and O–H groups in total. The van der Waals surface area contributed by atoms with Gasteiger partial charge in [-0.1, -0.05) is 31.7 Å². The fraction of sp³-hybridized carbons (Fsp3) is 0.692. The molecule has 0 amide bonds. The first-order valence-electron chi connectivity index (χ1n) is 13.3. The van der Waals surface area contributed by atoms with Crippen molar-refractivity contribution in [1.82, 2.24) is 9.21 Å². The van der Waals surface area contributed by atoms with Gasteiger partial charge in [0.1, 0.15) is 5.25 Å². The molecule has 1 saturated carbocycles. The van der Waals surface area contributed by atoms with Crippen LogP contribution in [0.25, 0.3) is 5.70 Å². The molecule has 1 aliphatic carbocycles. The van der Waals surface area contributed by atoms with Gasteiger partial charge in [0.25, 0.3) is 0 Å². The van der Waals surface area contributed by atoms with Crippen LogP contribution in [0, 0.1) is 5.92 Å². The van der Waals surface area contributed by atoms with E-state index in [9.17, 15) is 30.0 Å². The smallest absolute Gasteiger partial charge is 0.367 e. The van der Waals surface area contributed by atoms with Crippen LogP contribution in [0.15, 0.2) is 29.2 Å². The summed E-state index contributed by atoms with van der Waals surface area (Å²) in [6, 6.07) is 2.67. The van der Waals surface area contributed by atoms with Crippen molar-refractivity contribution in [2.75, 3.05) is 13.1 Å². The first-order chi connectivity index (χ1) is 17.5. The molecule has 3 aliphatic rings. The Labute approximate surface area is 224 Å². The quantitative estimate of drug-likeness (QED) is 0.516. The third kappa shape index (κ3) is 5.78. The molecular weight excluding hydrogens is 539 g/mol. The lowest BCUT2D eigenvalue weighted by atomic mass is 9.88. The lowest BCUT2D eigenvalue weighted by molar-refractivity contribution is -0.140. The predicted octanol–water partition coefficient (Wildman–Crippen LogP) is 4.94. The van der Waals surface area contributed by atoms with Crippen molar-refractivity contribution in [3.05, 3.63) is 35.4 Å². The van der Waals surface area contributed by atoms with Gasteiger partial charge in [0.05, 0.1) is 10.5 Å². The average Bonchev–Trinajstić information content (AvgIpc) is 3.14. The van der Waals surface area contributed by atoms with E-state index in [4.69, 9.17) is 5.14 Å². The number of piperidine rings is 1. The summed E-state index contributed by atoms with van der Waals surface area (Å²) in [7, 11) is -8.45. The third-order valence-corrected chi connectivity index (χ3v) is 11.8. The number of primary sulfonamides is 1. The van der Waals surface area contributed by atoms with Crippen molar-refractivity contribution in [2.24, 2.45) is 11.1 Å². The molecule has 7 nitrogen and oxygen atoms in total. The van der Waals surface area contributed by atoms with Crippen LogP contribution in [-0.2, 0) is 26.2 Å². The van der Waals surface area contributed by atoms with Crippen LogP contribution in [0.4, 0.5) is 13.2 Å². The van der Waals surface area contributed by atoms with E-state index >= 15 is 0 Å². The summed E-state index contributed by atoms with van der Waals surface area (Å²) >= 11 is 0. The highest BCUT2D eigenvalue weighted by atomic mass is 32.2. The van der Waals surface area contributed by atoms with Gasteiger partial charge in [-0.25, -0.2) is 22.0 Å². The van der Waals surface area contributed by atoms with Gasteiger partial charge in [-0.15, -0.1) is 0 Å². The molecule has 0 bridgehead atoms. The SMILES string of the molecule is CC1C(S(N)(=O)=O)C=C(c2ccc(S(=O)(=O)N3CCCCC3(C)C)c(C(F)(F)F)c2)N1CC1CCCCC1. The maximum atomic E-state index is 14.4. The molecule has 1 aromatic rings. The standard InChI is InChI=1S/C26H38F3N3O4S2/c1-18-24(37(30,33)34)16-22(31(18)17-19-9-5-4-6-10-19)20-11-12-23(21(15-20)26(27,28)29)38(35,36)32-14-8-7-13-25(32,2)3/h11-12,15-16,18-19,24H,4-10,13-14,17H2,1-3H3,(H2,30,33,34). The highest BCUT2D eigenvalue weighted by Crippen LogP contribution is 2.42. The van der Waals surface area contributed by atoms with E-state index in [1.54, 1.807) is 20.8 Å². The second kappa shape index (κ2) is 10.4. The highest BCUT2D eigenvalue weighted by molar-refractivity contribution is 7.90. The Morgan fingerprint density at radius 1 is 1.03 bits per heavy atom. The number of benzene rings is 1. The molecule has 4 rings (SSSR count). The van der Waals surface area contributed by atoms with Crippen molar-refractivity contribution in [3.63, 3.8) is 0 Å². The molecule has 2 aliphatic heterocycles. The van der Waals surface area contributed by atoms with E-state index in [2.05, 4.69) is 0 Å². The van der Waals surface area contributed by atoms with Crippen molar-refractivity contribution < 1.29 is 30.0 Å². The Bertz CT molecular complexity index is 1290. The monoisotopic (exact) mass is 577 g/mol. The summed E-state index contributed by atoms with van der Waals surface area (Å²) in [4.78, 5) is 1.06. The van der Waals surface area contributed by atoms with E-state index in [0.717, 1.165) is 50.7 Å². The topological polar surface area (TPSA) is 101 Å². The molecule has 38 heavy (non-hydrogen) atoms. The molecule has 2 unspecified atom stereocenters. The summed E-state index contributed by atoms with van der Waals surface area (Å²) in [5.74, 6) is 0.289. The predicted molar refractivity (Wildman–Crippen MR) is 141 cm³/mol. The zero-order chi connectivity index (χ0) is 28.1. The number of sulfonamides is 2. The highest BCUT2D eigenvalue weighted by Gasteiger charge is 2.45. The fourth-order valence-electron chi connectivity index (χ4n) is 6.27. The van der Waals surface area contributed by atoms with Crippen LogP contribution in [0.2, 0.25) is 0 Å². The lowest BCUT2D eigenvalue weighted by Gasteiger charge is -2.41. The molecule has 12 heteroatoms. The van der Waals surface area contributed by atoms with Crippen LogP contribution >= 0.6 is 0 Å². The number of hydrogen-bond donors (Lipinski definition) is 1. The average molecular weight is 578 g/mol. The van der Waals surface area contributed by atoms with Crippen molar-refractivity contribution >= 4 is 25.7 Å². The first-order valence-corrected chi connectivity index (χ1v) is 16.3. The third-order valence-electron chi connectivity index (χ3n) is 8.38. The van der Waals surface area contributed by atoms with Crippen LogP contribution in [-0.4, -0.2) is 56.0 Å². The largest absolute Gasteiger partial charge is 0.417 e. The molecule has 2 atom stereocenters. The summed E-state index contributed by atoms with van der Waals surface area (Å²) in [5.41, 5.74) is -1.58. The molecule has 1 aromatic carbocycles. The van der Waals surface area contributed by atoms with E-state index < -0.39 is 53.5 Å². The summed E-state index contributed by atoms with van der Waals surface area (Å²) < 4.78 is 96.2. The minimum absolute atomic E-state index is 0.128. The normalized spacial score (nSPS) is 26.0. The Morgan fingerprint density at radius 2 is 1.68 bits per heavy atom. The molecule has 0 spiro atoms. The maximum Gasteiger partial charge on any atom is 0.417 e. The number of nitrogens with zero attached hydrogens (tertiary/aromatic N) is 2. The van der Waals surface area contributed by atoms with E-state index in [1.807, 2.05) is 4.90 Å². The van der Waals surface area contributed by atoms with Crippen molar-refractivity contribution in [2.45, 2.75) is 100 Å². The number of rotatable bonds is 6. The molecule has 214 valence electrons. The zero-order valence-corrected chi connectivity index (χ0v) is 23.8. The van der Waals surface area contributed by atoms with Crippen LogP contribution in [0.3, 0.4) is 0 Å². The van der Waals surface area contributed by atoms with E-state index in [0.29, 0.717) is 25.1 Å². The summed E-state index contributed by atoms with van der Waals surface area (Å²) in [6.45, 7) is 5.83. The maximum absolute atomic E-state index is 14.4. The summed E-state index contributed by atoms with van der Waals surface area (Å²) in [5, 5.41) is 4.42. The van der Waals surface area contributed by atoms with Crippen molar-refractivity contribution in [3.8, 4) is 0 Å². The van der Waals surface area contributed by atoms with Gasteiger partial charge in [-0.3, -0.25) is 0 Å². The minimum atomic E-state index is -4.93. The van der Waals surface area contributed by atoms with E-state index in [-0.39, 0.29) is 18.0 Å². The Hall–Kier alpha value is -1.63. The molecular formula is C26H38F3N3O4S2. The second-order valence-electron chi connectivity index (χ2n) is 11.6. The van der Waals surface area contributed by atoms with Gasteiger partial charge in [-0.2, -0.15) is 17.5 Å².